The third-order valence-corrected chi connectivity index (χ3v) is 3.21. The van der Waals surface area contributed by atoms with E-state index in [1.54, 1.807) is 6.07 Å². The van der Waals surface area contributed by atoms with Crippen LogP contribution in [-0.4, -0.2) is 21.1 Å². The van der Waals surface area contributed by atoms with Crippen molar-refractivity contribution in [2.24, 2.45) is 0 Å². The minimum atomic E-state index is -0.374. The van der Waals surface area contributed by atoms with E-state index in [1.807, 2.05) is 12.1 Å². The summed E-state index contributed by atoms with van der Waals surface area (Å²) in [6.07, 6.45) is 3.14. The van der Waals surface area contributed by atoms with Gasteiger partial charge in [0.1, 0.15) is 6.61 Å². The Hall–Kier alpha value is -2.21. The average molecular weight is 310 g/mol. The average Bonchev–Trinajstić information content (AvgIpc) is 2.91. The van der Waals surface area contributed by atoms with Gasteiger partial charge in [0.05, 0.1) is 6.20 Å². The monoisotopic (exact) mass is 309 g/mol. The molecule has 1 amide bonds. The van der Waals surface area contributed by atoms with Crippen LogP contribution in [0.4, 0.5) is 0 Å². The standard InChI is InChI=1S/C14H16ClN3O3/c1-2-4-10-5-3-6-11(14(19)16-15)12(10)9-21-13-7-8-18(20)17-13/h3,5-8,20H,2,4,9H2,1H3,(H,16,19). The zero-order chi connectivity index (χ0) is 15.2. The number of aryl methyl sites for hydroxylation is 1. The molecule has 0 radical (unpaired) electrons. The Labute approximate surface area is 127 Å². The predicted molar refractivity (Wildman–Crippen MR) is 77.5 cm³/mol. The van der Waals surface area contributed by atoms with E-state index >= 15 is 0 Å². The van der Waals surface area contributed by atoms with Crippen molar-refractivity contribution in [3.8, 4) is 5.88 Å². The number of carbonyl (C=O) groups excluding carboxylic acids is 1. The number of hydrogen-bond donors (Lipinski definition) is 2. The number of rotatable bonds is 6. The van der Waals surface area contributed by atoms with Crippen LogP contribution in [0.15, 0.2) is 30.5 Å². The molecule has 2 N–H and O–H groups in total. The lowest BCUT2D eigenvalue weighted by atomic mass is 9.98. The van der Waals surface area contributed by atoms with Gasteiger partial charge < -0.3 is 9.94 Å². The molecule has 0 unspecified atom stereocenters. The lowest BCUT2D eigenvalue weighted by molar-refractivity contribution is 0.0978. The lowest BCUT2D eigenvalue weighted by Gasteiger charge is -2.13. The SMILES string of the molecule is CCCc1cccc(C(=O)NCl)c1COc1ccn(O)n1. The number of nitrogens with zero attached hydrogens (tertiary/aromatic N) is 2. The van der Waals surface area contributed by atoms with Gasteiger partial charge in [-0.1, -0.05) is 30.6 Å². The molecule has 2 aromatic rings. The number of halogens is 1. The summed E-state index contributed by atoms with van der Waals surface area (Å²) >= 11 is 5.42. The van der Waals surface area contributed by atoms with Gasteiger partial charge in [0.2, 0.25) is 5.88 Å². The molecule has 6 nitrogen and oxygen atoms in total. The largest absolute Gasteiger partial charge is 0.472 e. The number of amides is 1. The predicted octanol–water partition coefficient (Wildman–Crippen LogP) is 2.54. The Kier molecular flexibility index (Phi) is 5.05. The van der Waals surface area contributed by atoms with E-state index in [-0.39, 0.29) is 18.4 Å². The van der Waals surface area contributed by atoms with Crippen LogP contribution in [-0.2, 0) is 13.0 Å². The molecule has 7 heteroatoms. The summed E-state index contributed by atoms with van der Waals surface area (Å²) in [7, 11) is 0. The van der Waals surface area contributed by atoms with Gasteiger partial charge in [0.15, 0.2) is 0 Å². The second-order valence-corrected chi connectivity index (χ2v) is 4.67. The molecule has 0 aliphatic heterocycles. The summed E-state index contributed by atoms with van der Waals surface area (Å²) in [5.74, 6) is -0.0954. The second kappa shape index (κ2) is 6.99. The fourth-order valence-corrected chi connectivity index (χ4v) is 2.20. The van der Waals surface area contributed by atoms with Crippen molar-refractivity contribution in [3.63, 3.8) is 0 Å². The molecular weight excluding hydrogens is 294 g/mol. The van der Waals surface area contributed by atoms with Gasteiger partial charge in [0, 0.05) is 29.0 Å². The number of ether oxygens (including phenoxy) is 1. The quantitative estimate of drug-likeness (QED) is 0.635. The van der Waals surface area contributed by atoms with Crippen molar-refractivity contribution < 1.29 is 14.7 Å². The van der Waals surface area contributed by atoms with E-state index in [4.69, 9.17) is 21.7 Å². The first-order valence-corrected chi connectivity index (χ1v) is 6.93. The molecule has 0 atom stereocenters. The molecule has 1 heterocycles. The van der Waals surface area contributed by atoms with E-state index < -0.39 is 0 Å². The second-order valence-electron chi connectivity index (χ2n) is 4.48. The maximum absolute atomic E-state index is 11.8. The number of nitrogens with one attached hydrogen (secondary N) is 1. The van der Waals surface area contributed by atoms with Crippen molar-refractivity contribution in [1.82, 2.24) is 14.8 Å². The highest BCUT2D eigenvalue weighted by Crippen LogP contribution is 2.19. The van der Waals surface area contributed by atoms with Crippen LogP contribution in [0, 0.1) is 0 Å². The molecule has 112 valence electrons. The van der Waals surface area contributed by atoms with Crippen molar-refractivity contribution in [2.45, 2.75) is 26.4 Å². The van der Waals surface area contributed by atoms with Gasteiger partial charge >= 0.3 is 0 Å². The summed E-state index contributed by atoms with van der Waals surface area (Å²) in [6, 6.07) is 7.00. The van der Waals surface area contributed by atoms with E-state index in [1.165, 1.54) is 12.3 Å². The first kappa shape index (κ1) is 15.2. The highest BCUT2D eigenvalue weighted by molar-refractivity contribution is 6.24. The highest BCUT2D eigenvalue weighted by atomic mass is 35.5. The highest BCUT2D eigenvalue weighted by Gasteiger charge is 2.15. The Morgan fingerprint density at radius 3 is 2.90 bits per heavy atom. The zero-order valence-corrected chi connectivity index (χ0v) is 12.3. The molecular formula is C14H16ClN3O3. The van der Waals surface area contributed by atoms with Crippen LogP contribution >= 0.6 is 11.8 Å². The van der Waals surface area contributed by atoms with Gasteiger partial charge in [-0.15, -0.1) is 4.85 Å². The van der Waals surface area contributed by atoms with Gasteiger partial charge in [0.25, 0.3) is 5.91 Å². The molecule has 0 spiro atoms. The van der Waals surface area contributed by atoms with Gasteiger partial charge in [-0.2, -0.15) is 0 Å². The maximum atomic E-state index is 11.8. The number of aromatic nitrogens is 2. The molecule has 0 aliphatic rings. The van der Waals surface area contributed by atoms with E-state index in [0.717, 1.165) is 24.0 Å². The summed E-state index contributed by atoms with van der Waals surface area (Å²) in [5.41, 5.74) is 2.27. The fraction of sp³-hybridized carbons (Fsp3) is 0.286. The minimum Gasteiger partial charge on any atom is -0.472 e. The summed E-state index contributed by atoms with van der Waals surface area (Å²) < 4.78 is 5.52. The summed E-state index contributed by atoms with van der Waals surface area (Å²) in [5, 5.41) is 12.8. The first-order chi connectivity index (χ1) is 10.2. The van der Waals surface area contributed by atoms with Crippen LogP contribution in [0.1, 0.15) is 34.8 Å². The topological polar surface area (TPSA) is 76.4 Å². The Bertz CT molecular complexity index is 628. The minimum absolute atomic E-state index is 0.173. The maximum Gasteiger partial charge on any atom is 0.266 e. The Balaban J connectivity index is 2.27. The van der Waals surface area contributed by atoms with Crippen LogP contribution in [0.3, 0.4) is 0 Å². The van der Waals surface area contributed by atoms with E-state index in [0.29, 0.717) is 10.4 Å². The van der Waals surface area contributed by atoms with Crippen molar-refractivity contribution in [1.29, 1.82) is 0 Å². The first-order valence-electron chi connectivity index (χ1n) is 6.55. The van der Waals surface area contributed by atoms with Crippen LogP contribution in [0.2, 0.25) is 0 Å². The Morgan fingerprint density at radius 1 is 1.48 bits per heavy atom. The number of carbonyl (C=O) groups is 1. The third-order valence-electron chi connectivity index (χ3n) is 3.04. The number of benzene rings is 1. The van der Waals surface area contributed by atoms with Gasteiger partial charge in [-0.3, -0.25) is 9.63 Å². The van der Waals surface area contributed by atoms with E-state index in [9.17, 15) is 4.79 Å². The molecule has 0 bridgehead atoms. The summed E-state index contributed by atoms with van der Waals surface area (Å²) in [6.45, 7) is 2.24. The molecule has 1 aromatic carbocycles. The van der Waals surface area contributed by atoms with Crippen LogP contribution in [0.25, 0.3) is 0 Å². The van der Waals surface area contributed by atoms with Crippen molar-refractivity contribution in [2.75, 3.05) is 0 Å². The normalized spacial score (nSPS) is 10.4. The van der Waals surface area contributed by atoms with Gasteiger partial charge in [-0.25, -0.2) is 0 Å². The zero-order valence-electron chi connectivity index (χ0n) is 11.5. The summed E-state index contributed by atoms with van der Waals surface area (Å²) in [4.78, 5) is 14.6. The third kappa shape index (κ3) is 3.66. The van der Waals surface area contributed by atoms with Gasteiger partial charge in [-0.05, 0) is 18.1 Å². The van der Waals surface area contributed by atoms with E-state index in [2.05, 4.69) is 16.9 Å². The molecule has 0 saturated carbocycles. The molecule has 1 aromatic heterocycles. The fourth-order valence-electron chi connectivity index (χ4n) is 2.09. The molecule has 0 aliphatic carbocycles. The number of hydrogen-bond acceptors (Lipinski definition) is 4. The molecule has 2 rings (SSSR count). The molecule has 0 fully saturated rings. The van der Waals surface area contributed by atoms with Crippen LogP contribution < -0.4 is 9.57 Å². The molecule has 21 heavy (non-hydrogen) atoms. The molecule has 0 saturated heterocycles. The van der Waals surface area contributed by atoms with Crippen LogP contribution in [0.5, 0.6) is 5.88 Å². The Morgan fingerprint density at radius 2 is 2.29 bits per heavy atom. The smallest absolute Gasteiger partial charge is 0.266 e. The van der Waals surface area contributed by atoms with Crippen molar-refractivity contribution >= 4 is 17.7 Å². The van der Waals surface area contributed by atoms with Crippen molar-refractivity contribution in [3.05, 3.63) is 47.2 Å². The lowest BCUT2D eigenvalue weighted by Crippen LogP contribution is -2.17.